The van der Waals surface area contributed by atoms with Crippen molar-refractivity contribution in [3.05, 3.63) is 35.5 Å². The van der Waals surface area contributed by atoms with Gasteiger partial charge in [-0.2, -0.15) is 0 Å². The molecular formula is C39H58O10. The van der Waals surface area contributed by atoms with Gasteiger partial charge in [-0.1, -0.05) is 72.8 Å². The summed E-state index contributed by atoms with van der Waals surface area (Å²) in [6, 6.07) is 0. The van der Waals surface area contributed by atoms with E-state index in [4.69, 9.17) is 14.2 Å². The van der Waals surface area contributed by atoms with E-state index in [1.54, 1.807) is 0 Å². The van der Waals surface area contributed by atoms with Crippen molar-refractivity contribution in [1.82, 2.24) is 0 Å². The molecule has 10 nitrogen and oxygen atoms in total. The summed E-state index contributed by atoms with van der Waals surface area (Å²) < 4.78 is 17.5. The first kappa shape index (κ1) is 37.9. The molecule has 0 spiro atoms. The van der Waals surface area contributed by atoms with Gasteiger partial charge in [0.2, 0.25) is 6.29 Å². The Labute approximate surface area is 291 Å². The topological polar surface area (TPSA) is 160 Å². The molecule has 0 aromatic rings. The minimum absolute atomic E-state index is 0.161. The molecule has 0 aromatic heterocycles. The number of ketones is 1. The van der Waals surface area contributed by atoms with Gasteiger partial charge in [0.15, 0.2) is 0 Å². The van der Waals surface area contributed by atoms with Crippen LogP contribution in [0.5, 0.6) is 0 Å². The van der Waals surface area contributed by atoms with Crippen LogP contribution < -0.4 is 0 Å². The molecule has 1 unspecified atom stereocenters. The zero-order valence-electron chi connectivity index (χ0n) is 30.5. The van der Waals surface area contributed by atoms with Gasteiger partial charge in [-0.05, 0) is 72.3 Å². The zero-order valence-corrected chi connectivity index (χ0v) is 30.5. The molecule has 0 aromatic carbocycles. The second kappa shape index (κ2) is 13.3. The average Bonchev–Trinajstić information content (AvgIpc) is 3.25. The summed E-state index contributed by atoms with van der Waals surface area (Å²) in [5.74, 6) is -1.80. The lowest BCUT2D eigenvalue weighted by Crippen LogP contribution is -2.60. The molecule has 0 bridgehead atoms. The fourth-order valence-electron chi connectivity index (χ4n) is 10.4. The van der Waals surface area contributed by atoms with Crippen LogP contribution in [0.4, 0.5) is 0 Å². The van der Waals surface area contributed by atoms with E-state index in [1.807, 2.05) is 13.8 Å². The van der Waals surface area contributed by atoms with E-state index in [0.717, 1.165) is 18.4 Å². The van der Waals surface area contributed by atoms with Gasteiger partial charge >= 0.3 is 11.9 Å². The number of rotatable bonds is 9. The molecular weight excluding hydrogens is 628 g/mol. The smallest absolute Gasteiger partial charge is 0.311 e. The number of esters is 2. The third kappa shape index (κ3) is 6.07. The van der Waals surface area contributed by atoms with Gasteiger partial charge < -0.3 is 34.6 Å². The predicted molar refractivity (Wildman–Crippen MR) is 181 cm³/mol. The number of fused-ring (bicyclic) bond motifs is 5. The Morgan fingerprint density at radius 2 is 1.69 bits per heavy atom. The first-order valence-electron chi connectivity index (χ1n) is 18.1. The lowest BCUT2D eigenvalue weighted by atomic mass is 9.44. The number of hydrogen-bond donors (Lipinski definition) is 4. The Kier molecular flexibility index (Phi) is 10.3. The van der Waals surface area contributed by atoms with Crippen molar-refractivity contribution >= 4 is 17.7 Å². The monoisotopic (exact) mass is 686 g/mol. The maximum Gasteiger partial charge on any atom is 0.311 e. The van der Waals surface area contributed by atoms with E-state index in [2.05, 4.69) is 53.3 Å². The Morgan fingerprint density at radius 3 is 2.31 bits per heavy atom. The molecule has 1 aliphatic heterocycles. The molecule has 0 radical (unpaired) electrons. The van der Waals surface area contributed by atoms with Crippen LogP contribution in [0, 0.1) is 45.3 Å². The second-order valence-electron chi connectivity index (χ2n) is 17.0. The fraction of sp³-hybridized carbons (Fsp3) is 0.769. The van der Waals surface area contributed by atoms with Crippen LogP contribution in [0.15, 0.2) is 35.5 Å². The van der Waals surface area contributed by atoms with Crippen LogP contribution in [0.1, 0.15) is 100 Å². The van der Waals surface area contributed by atoms with Gasteiger partial charge in [-0.15, -0.1) is 0 Å². The summed E-state index contributed by atoms with van der Waals surface area (Å²) in [6.45, 7) is 19.9. The number of hydrogen-bond acceptors (Lipinski definition) is 10. The summed E-state index contributed by atoms with van der Waals surface area (Å²) in [4.78, 5) is 40.2. The minimum atomic E-state index is -1.74. The van der Waals surface area contributed by atoms with E-state index in [9.17, 15) is 34.8 Å². The van der Waals surface area contributed by atoms with Crippen molar-refractivity contribution in [3.63, 3.8) is 0 Å². The molecule has 274 valence electrons. The standard InChI is InChI=1S/C39H58O10/c1-20(2)21(3)10-11-23(34(46)49-35-33(45)32(44)31(43)27(19-40)48-35)30-26(47-22(4)41)18-39(9)25-12-13-28-36(5,6)29(42)15-16-37(28,7)24(25)14-17-38(30,39)8/h12,14,20,23,26-28,30-33,35,40,43-45H,3,10-11,13,15-19H2,1-2,4-9H3/t23-,26-,27-,28?,30+,31-,32+,33-,35+,37-,38-,39+/m1/s1. The van der Waals surface area contributed by atoms with Crippen LogP contribution >= 0.6 is 0 Å². The number of carbonyl (C=O) groups excluding carboxylic acids is 3. The van der Waals surface area contributed by atoms with Crippen molar-refractivity contribution in [3.8, 4) is 0 Å². The Bertz CT molecular complexity index is 1410. The lowest BCUT2D eigenvalue weighted by Gasteiger charge is -2.59. The van der Waals surface area contributed by atoms with Crippen LogP contribution in [0.25, 0.3) is 0 Å². The summed E-state index contributed by atoms with van der Waals surface area (Å²) in [6.07, 6.45) is 0.105. The number of Topliss-reactive ketones (excluding diaryl/α,β-unsaturated/α-hetero) is 1. The predicted octanol–water partition coefficient (Wildman–Crippen LogP) is 4.57. The SMILES string of the molecule is C=C(CC[C@@H](C(=O)O[C@@H]1O[C@H](CO)[C@@H](O)[C@H](O)[C@H]1O)[C@H]1[C@H](OC(C)=O)C[C@@]2(C)C3=CCC4C(C)(C)C(=O)CC[C@]4(C)C3=CC[C@]12C)C(C)C. The molecule has 4 N–H and O–H groups in total. The Hall–Kier alpha value is -2.37. The van der Waals surface area contributed by atoms with E-state index in [-0.39, 0.29) is 17.3 Å². The highest BCUT2D eigenvalue weighted by molar-refractivity contribution is 5.86. The highest BCUT2D eigenvalue weighted by atomic mass is 16.7. The molecule has 12 atom stereocenters. The number of ether oxygens (including phenoxy) is 3. The first-order valence-corrected chi connectivity index (χ1v) is 18.1. The number of allylic oxidation sites excluding steroid dienone is 5. The average molecular weight is 687 g/mol. The maximum absolute atomic E-state index is 14.4. The normalized spacial score (nSPS) is 41.9. The van der Waals surface area contributed by atoms with Crippen molar-refractivity contribution in [2.75, 3.05) is 6.61 Å². The number of aliphatic hydroxyl groups is 4. The van der Waals surface area contributed by atoms with E-state index in [0.29, 0.717) is 37.9 Å². The van der Waals surface area contributed by atoms with Gasteiger partial charge in [0.05, 0.1) is 12.5 Å². The Balaban J connectivity index is 1.56. The Morgan fingerprint density at radius 1 is 1.02 bits per heavy atom. The lowest BCUT2D eigenvalue weighted by molar-refractivity contribution is -0.294. The van der Waals surface area contributed by atoms with Gasteiger partial charge in [-0.3, -0.25) is 14.4 Å². The van der Waals surface area contributed by atoms with Gasteiger partial charge in [0.25, 0.3) is 0 Å². The van der Waals surface area contributed by atoms with Crippen molar-refractivity contribution < 1.29 is 49.0 Å². The van der Waals surface area contributed by atoms with Gasteiger partial charge in [0, 0.05) is 30.1 Å². The third-order valence-electron chi connectivity index (χ3n) is 13.8. The summed E-state index contributed by atoms with van der Waals surface area (Å²) in [5, 5.41) is 41.2. The first-order chi connectivity index (χ1) is 22.7. The van der Waals surface area contributed by atoms with Gasteiger partial charge in [0.1, 0.15) is 36.3 Å². The van der Waals surface area contributed by atoms with E-state index >= 15 is 0 Å². The zero-order chi connectivity index (χ0) is 36.4. The second-order valence-corrected chi connectivity index (χ2v) is 17.0. The highest BCUT2D eigenvalue weighted by Gasteiger charge is 2.68. The third-order valence-corrected chi connectivity index (χ3v) is 13.8. The summed E-state index contributed by atoms with van der Waals surface area (Å²) >= 11 is 0. The van der Waals surface area contributed by atoms with E-state index < -0.39 is 83.4 Å². The molecule has 1 saturated heterocycles. The molecule has 10 heteroatoms. The van der Waals surface area contributed by atoms with Crippen molar-refractivity contribution in [2.24, 2.45) is 45.3 Å². The number of aliphatic hydroxyl groups excluding tert-OH is 4. The highest BCUT2D eigenvalue weighted by Crippen LogP contribution is 2.72. The van der Waals surface area contributed by atoms with Crippen LogP contribution in [-0.2, 0) is 28.6 Å². The molecule has 5 aliphatic rings. The molecule has 3 fully saturated rings. The molecule has 5 rings (SSSR count). The molecule has 1 heterocycles. The summed E-state index contributed by atoms with van der Waals surface area (Å²) in [7, 11) is 0. The van der Waals surface area contributed by atoms with Crippen LogP contribution in [0.3, 0.4) is 0 Å². The van der Waals surface area contributed by atoms with Crippen LogP contribution in [-0.4, -0.2) is 81.6 Å². The largest absolute Gasteiger partial charge is 0.462 e. The van der Waals surface area contributed by atoms with Crippen molar-refractivity contribution in [2.45, 2.75) is 137 Å². The van der Waals surface area contributed by atoms with Crippen molar-refractivity contribution in [1.29, 1.82) is 0 Å². The van der Waals surface area contributed by atoms with E-state index in [1.165, 1.54) is 18.1 Å². The van der Waals surface area contributed by atoms with Gasteiger partial charge in [-0.25, -0.2) is 0 Å². The fourth-order valence-corrected chi connectivity index (χ4v) is 10.4. The number of carbonyl (C=O) groups is 3. The molecule has 49 heavy (non-hydrogen) atoms. The minimum Gasteiger partial charge on any atom is -0.462 e. The van der Waals surface area contributed by atoms with Crippen LogP contribution in [0.2, 0.25) is 0 Å². The maximum atomic E-state index is 14.4. The molecule has 4 aliphatic carbocycles. The summed E-state index contributed by atoms with van der Waals surface area (Å²) in [5.41, 5.74) is 1.72. The quantitative estimate of drug-likeness (QED) is 0.200. The molecule has 2 saturated carbocycles. The molecule has 0 amide bonds.